The minimum Gasteiger partial charge on any atom is -0.363 e. The van der Waals surface area contributed by atoms with Crippen LogP contribution in [0, 0.1) is 17.0 Å². The quantitative estimate of drug-likeness (QED) is 0.603. The maximum Gasteiger partial charge on any atom is 0.292 e. The van der Waals surface area contributed by atoms with Crippen LogP contribution in [0.3, 0.4) is 0 Å². The molecule has 1 aromatic rings. The van der Waals surface area contributed by atoms with Crippen molar-refractivity contribution in [2.24, 2.45) is 0 Å². The Morgan fingerprint density at radius 1 is 1.21 bits per heavy atom. The fourth-order valence-electron chi connectivity index (χ4n) is 2.43. The molecule has 2 rings (SSSR count). The fraction of sp³-hybridized carbons (Fsp3) is 0.500. The lowest BCUT2D eigenvalue weighted by Crippen LogP contribution is -2.46. The lowest BCUT2D eigenvalue weighted by Gasteiger charge is -2.35. The van der Waals surface area contributed by atoms with E-state index in [2.05, 4.69) is 16.7 Å². The predicted octanol–water partition coefficient (Wildman–Crippen LogP) is 2.33. The van der Waals surface area contributed by atoms with Gasteiger partial charge in [0.15, 0.2) is 0 Å². The number of para-hydroxylation sites is 2. The summed E-state index contributed by atoms with van der Waals surface area (Å²) in [5.74, 6) is 0. The van der Waals surface area contributed by atoms with Crippen LogP contribution in [0.25, 0.3) is 0 Å². The van der Waals surface area contributed by atoms with Gasteiger partial charge in [-0.1, -0.05) is 25.5 Å². The molecule has 103 valence electrons. The van der Waals surface area contributed by atoms with Crippen LogP contribution >= 0.6 is 0 Å². The molecule has 0 saturated carbocycles. The molecule has 1 heterocycles. The number of hydrogen-bond acceptors (Lipinski definition) is 4. The normalized spacial score (nSPS) is 16.6. The lowest BCUT2D eigenvalue weighted by atomic mass is 10.2. The number of rotatable bonds is 5. The van der Waals surface area contributed by atoms with E-state index < -0.39 is 0 Å². The van der Waals surface area contributed by atoms with E-state index in [0.717, 1.165) is 51.3 Å². The number of hydrogen-bond donors (Lipinski definition) is 0. The SMILES string of the molecule is [CH2]CCCN1CCN(c2ccccc2[N+](=O)[O-])CC1. The molecule has 1 fully saturated rings. The Morgan fingerprint density at radius 3 is 2.53 bits per heavy atom. The second kappa shape index (κ2) is 6.52. The molecule has 1 radical (unpaired) electrons. The van der Waals surface area contributed by atoms with Crippen molar-refractivity contribution in [2.45, 2.75) is 12.8 Å². The summed E-state index contributed by atoms with van der Waals surface area (Å²) in [5, 5.41) is 11.0. The molecule has 0 N–H and O–H groups in total. The first kappa shape index (κ1) is 13.8. The first-order valence-electron chi connectivity index (χ1n) is 6.72. The first-order valence-corrected chi connectivity index (χ1v) is 6.72. The van der Waals surface area contributed by atoms with E-state index in [1.807, 2.05) is 12.1 Å². The smallest absolute Gasteiger partial charge is 0.292 e. The molecule has 0 spiro atoms. The van der Waals surface area contributed by atoms with E-state index in [4.69, 9.17) is 0 Å². The molecule has 0 aromatic heterocycles. The van der Waals surface area contributed by atoms with Gasteiger partial charge in [-0.2, -0.15) is 0 Å². The molecule has 0 amide bonds. The van der Waals surface area contributed by atoms with Gasteiger partial charge in [0.05, 0.1) is 4.92 Å². The Labute approximate surface area is 114 Å². The molecule has 5 nitrogen and oxygen atoms in total. The second-order valence-corrected chi connectivity index (χ2v) is 4.78. The fourth-order valence-corrected chi connectivity index (χ4v) is 2.43. The minimum absolute atomic E-state index is 0.203. The van der Waals surface area contributed by atoms with Gasteiger partial charge >= 0.3 is 0 Å². The molecule has 19 heavy (non-hydrogen) atoms. The Balaban J connectivity index is 2.00. The highest BCUT2D eigenvalue weighted by atomic mass is 16.6. The molecular formula is C14H20N3O2. The van der Waals surface area contributed by atoms with Crippen molar-refractivity contribution in [3.8, 4) is 0 Å². The molecule has 1 aliphatic heterocycles. The zero-order valence-electron chi connectivity index (χ0n) is 11.1. The van der Waals surface area contributed by atoms with Crippen LogP contribution in [0.1, 0.15) is 12.8 Å². The van der Waals surface area contributed by atoms with Crippen LogP contribution < -0.4 is 4.90 Å². The summed E-state index contributed by atoms with van der Waals surface area (Å²) in [6.45, 7) is 8.56. The van der Waals surface area contributed by atoms with E-state index in [1.54, 1.807) is 12.1 Å². The molecular weight excluding hydrogens is 242 g/mol. The maximum atomic E-state index is 11.0. The summed E-state index contributed by atoms with van der Waals surface area (Å²) < 4.78 is 0. The topological polar surface area (TPSA) is 49.6 Å². The predicted molar refractivity (Wildman–Crippen MR) is 76.3 cm³/mol. The number of nitro groups is 1. The lowest BCUT2D eigenvalue weighted by molar-refractivity contribution is -0.384. The van der Waals surface area contributed by atoms with Gasteiger partial charge in [-0.05, 0) is 19.0 Å². The summed E-state index contributed by atoms with van der Waals surface area (Å²) >= 11 is 0. The van der Waals surface area contributed by atoms with E-state index in [9.17, 15) is 10.1 Å². The zero-order valence-corrected chi connectivity index (χ0v) is 11.1. The number of piperazine rings is 1. The average molecular weight is 262 g/mol. The number of unbranched alkanes of at least 4 members (excludes halogenated alkanes) is 1. The third-order valence-electron chi connectivity index (χ3n) is 3.52. The molecule has 0 bridgehead atoms. The maximum absolute atomic E-state index is 11.0. The van der Waals surface area contributed by atoms with Crippen molar-refractivity contribution in [3.05, 3.63) is 41.3 Å². The summed E-state index contributed by atoms with van der Waals surface area (Å²) in [6.07, 6.45) is 2.08. The number of nitro benzene ring substituents is 1. The summed E-state index contributed by atoms with van der Waals surface area (Å²) in [5.41, 5.74) is 0.943. The van der Waals surface area contributed by atoms with Crippen molar-refractivity contribution in [1.82, 2.24) is 4.90 Å². The molecule has 5 heteroatoms. The van der Waals surface area contributed by atoms with Crippen LogP contribution in [0.5, 0.6) is 0 Å². The number of nitrogens with zero attached hydrogens (tertiary/aromatic N) is 3. The minimum atomic E-state index is -0.301. The van der Waals surface area contributed by atoms with Crippen LogP contribution in [-0.4, -0.2) is 42.5 Å². The monoisotopic (exact) mass is 262 g/mol. The highest BCUT2D eigenvalue weighted by molar-refractivity contribution is 5.63. The molecule has 0 atom stereocenters. The van der Waals surface area contributed by atoms with Crippen LogP contribution in [0.15, 0.2) is 24.3 Å². The van der Waals surface area contributed by atoms with Gasteiger partial charge in [0, 0.05) is 32.2 Å². The van der Waals surface area contributed by atoms with Crippen LogP contribution in [-0.2, 0) is 0 Å². The van der Waals surface area contributed by atoms with E-state index in [1.165, 1.54) is 0 Å². The zero-order chi connectivity index (χ0) is 13.7. The largest absolute Gasteiger partial charge is 0.363 e. The Bertz CT molecular complexity index is 428. The molecule has 1 saturated heterocycles. The van der Waals surface area contributed by atoms with Gasteiger partial charge in [-0.3, -0.25) is 15.0 Å². The molecule has 1 aromatic carbocycles. The van der Waals surface area contributed by atoms with Gasteiger partial charge in [-0.15, -0.1) is 0 Å². The van der Waals surface area contributed by atoms with E-state index in [0.29, 0.717) is 0 Å². The van der Waals surface area contributed by atoms with Crippen LogP contribution in [0.2, 0.25) is 0 Å². The Hall–Kier alpha value is -1.62. The van der Waals surface area contributed by atoms with Gasteiger partial charge in [-0.25, -0.2) is 0 Å². The molecule has 0 aliphatic carbocycles. The van der Waals surface area contributed by atoms with Gasteiger partial charge in [0.25, 0.3) is 5.69 Å². The van der Waals surface area contributed by atoms with Gasteiger partial charge in [0.2, 0.25) is 0 Å². The average Bonchev–Trinajstić information content (AvgIpc) is 2.45. The second-order valence-electron chi connectivity index (χ2n) is 4.78. The van der Waals surface area contributed by atoms with Crippen molar-refractivity contribution in [2.75, 3.05) is 37.6 Å². The van der Waals surface area contributed by atoms with Crippen molar-refractivity contribution < 1.29 is 4.92 Å². The first-order chi connectivity index (χ1) is 9.22. The Kier molecular flexibility index (Phi) is 4.74. The van der Waals surface area contributed by atoms with Crippen LogP contribution in [0.4, 0.5) is 11.4 Å². The number of anilines is 1. The highest BCUT2D eigenvalue weighted by Gasteiger charge is 2.22. The van der Waals surface area contributed by atoms with Gasteiger partial charge in [0.1, 0.15) is 5.69 Å². The third-order valence-corrected chi connectivity index (χ3v) is 3.52. The van der Waals surface area contributed by atoms with Crippen molar-refractivity contribution >= 4 is 11.4 Å². The summed E-state index contributed by atoms with van der Waals surface area (Å²) in [4.78, 5) is 15.2. The highest BCUT2D eigenvalue weighted by Crippen LogP contribution is 2.28. The standard InChI is InChI=1S/C14H20N3O2/c1-2-3-8-15-9-11-16(12-10-15)13-6-4-5-7-14(13)17(18)19/h4-7H,1-3,8-12H2. The van der Waals surface area contributed by atoms with Crippen molar-refractivity contribution in [1.29, 1.82) is 0 Å². The van der Waals surface area contributed by atoms with Gasteiger partial charge < -0.3 is 4.90 Å². The third kappa shape index (κ3) is 3.44. The number of benzene rings is 1. The van der Waals surface area contributed by atoms with E-state index in [-0.39, 0.29) is 10.6 Å². The molecule has 0 unspecified atom stereocenters. The van der Waals surface area contributed by atoms with Crippen molar-refractivity contribution in [3.63, 3.8) is 0 Å². The Morgan fingerprint density at radius 2 is 1.89 bits per heavy atom. The van der Waals surface area contributed by atoms with E-state index >= 15 is 0 Å². The summed E-state index contributed by atoms with van der Waals surface area (Å²) in [7, 11) is 0. The summed E-state index contributed by atoms with van der Waals surface area (Å²) in [6, 6.07) is 6.98. The molecule has 1 aliphatic rings.